The Morgan fingerprint density at radius 1 is 1.20 bits per heavy atom. The molecule has 0 radical (unpaired) electrons. The molecule has 0 heterocycles. The number of benzene rings is 2. The molecule has 0 N–H and O–H groups in total. The fraction of sp³-hybridized carbons (Fsp3) is 0.0588. The number of nitrogens with zero attached hydrogens (tertiary/aromatic N) is 2. The first-order valence-electron chi connectivity index (χ1n) is 6.11. The first-order chi connectivity index (χ1) is 9.74. The van der Waals surface area contributed by atoms with E-state index < -0.39 is 0 Å². The molecular formula is C17H14N2O. The van der Waals surface area contributed by atoms with E-state index in [2.05, 4.69) is 18.3 Å². The highest BCUT2D eigenvalue weighted by Crippen LogP contribution is 2.29. The van der Waals surface area contributed by atoms with Crippen molar-refractivity contribution in [1.82, 2.24) is 0 Å². The molecule has 2 rings (SSSR count). The predicted octanol–water partition coefficient (Wildman–Crippen LogP) is 4.13. The summed E-state index contributed by atoms with van der Waals surface area (Å²) in [6, 6.07) is 17.2. The van der Waals surface area contributed by atoms with E-state index in [0.717, 1.165) is 5.56 Å². The number of hydrogen-bond donors (Lipinski definition) is 0. The zero-order chi connectivity index (χ0) is 14.4. The summed E-state index contributed by atoms with van der Waals surface area (Å²) < 4.78 is 5.71. The zero-order valence-corrected chi connectivity index (χ0v) is 11.0. The molecule has 2 aromatic carbocycles. The molecule has 0 bridgehead atoms. The van der Waals surface area contributed by atoms with Gasteiger partial charge in [-0.2, -0.15) is 5.26 Å². The minimum Gasteiger partial charge on any atom is -0.489 e. The maximum Gasteiger partial charge on any atom is 0.120 e. The molecule has 3 heteroatoms. The van der Waals surface area contributed by atoms with Crippen LogP contribution in [0.1, 0.15) is 11.1 Å². The van der Waals surface area contributed by atoms with Gasteiger partial charge in [-0.3, -0.25) is 4.99 Å². The molecule has 0 aromatic heterocycles. The molecule has 0 spiro atoms. The van der Waals surface area contributed by atoms with Crippen LogP contribution in [0.25, 0.3) is 5.57 Å². The average molecular weight is 262 g/mol. The van der Waals surface area contributed by atoms with Crippen LogP contribution in [-0.2, 0) is 6.61 Å². The standard InChI is InChI=1S/C17H14N2O/c1-13(11-18)16-10-15(8-9-17(16)19-2)20-12-14-6-4-3-5-7-14/h3-10H,1-2,12H2. The highest BCUT2D eigenvalue weighted by Gasteiger charge is 2.07. The molecule has 0 fully saturated rings. The van der Waals surface area contributed by atoms with Crippen molar-refractivity contribution in [3.63, 3.8) is 0 Å². The Kier molecular flexibility index (Phi) is 4.31. The second-order valence-electron chi connectivity index (χ2n) is 4.20. The minimum absolute atomic E-state index is 0.345. The van der Waals surface area contributed by atoms with Crippen molar-refractivity contribution in [3.05, 3.63) is 66.2 Å². The number of allylic oxidation sites excluding steroid dienone is 1. The first-order valence-corrected chi connectivity index (χ1v) is 6.11. The molecule has 0 saturated carbocycles. The van der Waals surface area contributed by atoms with Crippen molar-refractivity contribution in [2.45, 2.75) is 6.61 Å². The lowest BCUT2D eigenvalue weighted by molar-refractivity contribution is 0.306. The van der Waals surface area contributed by atoms with Crippen LogP contribution in [-0.4, -0.2) is 6.72 Å². The highest BCUT2D eigenvalue weighted by atomic mass is 16.5. The van der Waals surface area contributed by atoms with Crippen LogP contribution in [0.3, 0.4) is 0 Å². The van der Waals surface area contributed by atoms with E-state index in [9.17, 15) is 0 Å². The third-order valence-electron chi connectivity index (χ3n) is 2.85. The van der Waals surface area contributed by atoms with Crippen molar-refractivity contribution >= 4 is 18.0 Å². The first kappa shape index (κ1) is 13.6. The molecule has 0 aliphatic carbocycles. The summed E-state index contributed by atoms with van der Waals surface area (Å²) in [5.41, 5.74) is 2.70. The van der Waals surface area contributed by atoms with Crippen molar-refractivity contribution in [2.24, 2.45) is 4.99 Å². The van der Waals surface area contributed by atoms with Crippen LogP contribution in [0.15, 0.2) is 60.1 Å². The Hall–Kier alpha value is -2.86. The molecule has 0 amide bonds. The summed E-state index contributed by atoms with van der Waals surface area (Å²) in [5, 5.41) is 8.95. The summed E-state index contributed by atoms with van der Waals surface area (Å²) in [4.78, 5) is 3.88. The van der Waals surface area contributed by atoms with E-state index in [1.165, 1.54) is 0 Å². The van der Waals surface area contributed by atoms with Crippen LogP contribution in [0.4, 0.5) is 5.69 Å². The van der Waals surface area contributed by atoms with Gasteiger partial charge in [-0.15, -0.1) is 0 Å². The number of aliphatic imine (C=N–C) groups is 1. The van der Waals surface area contributed by atoms with Gasteiger partial charge in [0.2, 0.25) is 0 Å². The lowest BCUT2D eigenvalue weighted by Crippen LogP contribution is -1.95. The largest absolute Gasteiger partial charge is 0.489 e. The zero-order valence-electron chi connectivity index (χ0n) is 11.0. The third kappa shape index (κ3) is 3.12. The molecule has 3 nitrogen and oxygen atoms in total. The normalized spacial score (nSPS) is 9.55. The van der Waals surface area contributed by atoms with Gasteiger partial charge in [-0.25, -0.2) is 0 Å². The summed E-state index contributed by atoms with van der Waals surface area (Å²) in [6.07, 6.45) is 0. The summed E-state index contributed by atoms with van der Waals surface area (Å²) in [7, 11) is 0. The molecule has 0 aliphatic heterocycles. The van der Waals surface area contributed by atoms with Crippen molar-refractivity contribution in [2.75, 3.05) is 0 Å². The van der Waals surface area contributed by atoms with E-state index in [-0.39, 0.29) is 0 Å². The summed E-state index contributed by atoms with van der Waals surface area (Å²) in [6.45, 7) is 7.67. The second kappa shape index (κ2) is 6.35. The van der Waals surface area contributed by atoms with Gasteiger partial charge in [-0.1, -0.05) is 36.9 Å². The molecule has 0 unspecified atom stereocenters. The van der Waals surface area contributed by atoms with Crippen molar-refractivity contribution in [1.29, 1.82) is 5.26 Å². The number of hydrogen-bond acceptors (Lipinski definition) is 3. The van der Waals surface area contributed by atoms with Gasteiger partial charge in [0.05, 0.1) is 17.3 Å². The van der Waals surface area contributed by atoms with Crippen LogP contribution in [0.5, 0.6) is 5.75 Å². The van der Waals surface area contributed by atoms with E-state index in [0.29, 0.717) is 29.2 Å². The lowest BCUT2D eigenvalue weighted by Gasteiger charge is -2.09. The molecule has 0 aliphatic rings. The average Bonchev–Trinajstić information content (AvgIpc) is 2.52. The van der Waals surface area contributed by atoms with Gasteiger partial charge in [-0.05, 0) is 30.5 Å². The van der Waals surface area contributed by atoms with Gasteiger partial charge in [0.15, 0.2) is 0 Å². The SMILES string of the molecule is C=Nc1ccc(OCc2ccccc2)cc1C(=C)C#N. The Bertz CT molecular complexity index is 669. The van der Waals surface area contributed by atoms with E-state index >= 15 is 0 Å². The Balaban J connectivity index is 2.19. The van der Waals surface area contributed by atoms with Crippen LogP contribution in [0.2, 0.25) is 0 Å². The Labute approximate surface area is 118 Å². The van der Waals surface area contributed by atoms with Gasteiger partial charge in [0.1, 0.15) is 12.4 Å². The van der Waals surface area contributed by atoms with Crippen LogP contribution >= 0.6 is 0 Å². The second-order valence-corrected chi connectivity index (χ2v) is 4.20. The van der Waals surface area contributed by atoms with Crippen LogP contribution in [0, 0.1) is 11.3 Å². The van der Waals surface area contributed by atoms with E-state index in [1.54, 1.807) is 18.2 Å². The maximum atomic E-state index is 8.95. The smallest absolute Gasteiger partial charge is 0.120 e. The summed E-state index contributed by atoms with van der Waals surface area (Å²) in [5.74, 6) is 0.674. The minimum atomic E-state index is 0.345. The Morgan fingerprint density at radius 3 is 2.60 bits per heavy atom. The maximum absolute atomic E-state index is 8.95. The van der Waals surface area contributed by atoms with Crippen molar-refractivity contribution < 1.29 is 4.74 Å². The quantitative estimate of drug-likeness (QED) is 0.600. The number of nitriles is 1. The van der Waals surface area contributed by atoms with Crippen molar-refractivity contribution in [3.8, 4) is 11.8 Å². The van der Waals surface area contributed by atoms with Crippen LogP contribution < -0.4 is 4.74 Å². The summed E-state index contributed by atoms with van der Waals surface area (Å²) >= 11 is 0. The Morgan fingerprint density at radius 2 is 1.95 bits per heavy atom. The molecule has 0 atom stereocenters. The molecular weight excluding hydrogens is 248 g/mol. The number of ether oxygens (including phenoxy) is 1. The van der Waals surface area contributed by atoms with E-state index in [4.69, 9.17) is 10.00 Å². The predicted molar refractivity (Wildman–Crippen MR) is 81.1 cm³/mol. The molecule has 0 saturated heterocycles. The number of rotatable bonds is 5. The van der Waals surface area contributed by atoms with E-state index in [1.807, 2.05) is 36.4 Å². The molecule has 2 aromatic rings. The molecule has 98 valence electrons. The monoisotopic (exact) mass is 262 g/mol. The van der Waals surface area contributed by atoms with Gasteiger partial charge < -0.3 is 4.74 Å². The topological polar surface area (TPSA) is 45.4 Å². The van der Waals surface area contributed by atoms with Gasteiger partial charge >= 0.3 is 0 Å². The van der Waals surface area contributed by atoms with Gasteiger partial charge in [0.25, 0.3) is 0 Å². The lowest BCUT2D eigenvalue weighted by atomic mass is 10.1. The van der Waals surface area contributed by atoms with Gasteiger partial charge in [0, 0.05) is 5.56 Å². The highest BCUT2D eigenvalue weighted by molar-refractivity contribution is 5.82. The molecule has 20 heavy (non-hydrogen) atoms. The third-order valence-corrected chi connectivity index (χ3v) is 2.85. The fourth-order valence-corrected chi connectivity index (χ4v) is 1.79. The fourth-order valence-electron chi connectivity index (χ4n) is 1.79.